The van der Waals surface area contributed by atoms with Crippen LogP contribution in [0, 0.1) is 5.21 Å². The molecule has 3 N–H and O–H groups in total. The molecule has 1 aliphatic heterocycles. The van der Waals surface area contributed by atoms with Gasteiger partial charge in [0.2, 0.25) is 11.9 Å². The molecule has 0 spiro atoms. The van der Waals surface area contributed by atoms with E-state index in [2.05, 4.69) is 25.0 Å². The largest absolute Gasteiger partial charge is 0.595 e. The summed E-state index contributed by atoms with van der Waals surface area (Å²) in [5.74, 6) is -0.680. The van der Waals surface area contributed by atoms with Gasteiger partial charge in [0.1, 0.15) is 0 Å². The second-order valence-electron chi connectivity index (χ2n) is 6.43. The van der Waals surface area contributed by atoms with E-state index < -0.39 is 35.6 Å². The summed E-state index contributed by atoms with van der Waals surface area (Å²) in [7, 11) is 0. The summed E-state index contributed by atoms with van der Waals surface area (Å²) in [5, 5.41) is 21.5. The number of nitrogens with zero attached hydrogens (tertiary/aromatic N) is 4. The molecule has 0 saturated carbocycles. The smallest absolute Gasteiger partial charge is 0.434 e. The van der Waals surface area contributed by atoms with Crippen LogP contribution in [0.4, 0.5) is 49.6 Å². The van der Waals surface area contributed by atoms with E-state index in [4.69, 9.17) is 9.94 Å². The van der Waals surface area contributed by atoms with Crippen LogP contribution >= 0.6 is 0 Å². The monoisotopic (exact) mass is 470 g/mol. The van der Waals surface area contributed by atoms with E-state index in [1.54, 1.807) is 0 Å². The molecule has 1 fully saturated rings. The molecular formula is C16H16F6N6O4. The van der Waals surface area contributed by atoms with E-state index in [1.165, 1.54) is 29.2 Å². The zero-order valence-corrected chi connectivity index (χ0v) is 15.9. The van der Waals surface area contributed by atoms with Crippen molar-refractivity contribution in [1.29, 1.82) is 0 Å². The van der Waals surface area contributed by atoms with Gasteiger partial charge in [0.05, 0.1) is 13.2 Å². The fraction of sp³-hybridized carbons (Fsp3) is 0.438. The average Bonchev–Trinajstić information content (AvgIpc) is 2.71. The summed E-state index contributed by atoms with van der Waals surface area (Å²) in [6.07, 6.45) is -15.7. The first-order chi connectivity index (χ1) is 14.9. The van der Waals surface area contributed by atoms with Gasteiger partial charge in [-0.05, 0) is 6.07 Å². The number of rotatable bonds is 6. The molecule has 1 atom stereocenters. The molecule has 32 heavy (non-hydrogen) atoms. The predicted octanol–water partition coefficient (Wildman–Crippen LogP) is 1.73. The number of nitrogens with one attached hydrogen (secondary N) is 2. The van der Waals surface area contributed by atoms with Crippen molar-refractivity contribution in [2.45, 2.75) is 18.5 Å². The molecule has 0 amide bonds. The minimum Gasteiger partial charge on any atom is -0.595 e. The number of morpholine rings is 1. The second kappa shape index (κ2) is 9.27. The second-order valence-corrected chi connectivity index (χ2v) is 6.43. The van der Waals surface area contributed by atoms with Crippen molar-refractivity contribution in [3.05, 3.63) is 29.5 Å². The molecule has 1 unspecified atom stereocenters. The Morgan fingerprint density at radius 3 is 2.34 bits per heavy atom. The first-order valence-electron chi connectivity index (χ1n) is 8.93. The molecule has 0 aliphatic carbocycles. The van der Waals surface area contributed by atoms with Crippen LogP contribution < -0.4 is 20.2 Å². The van der Waals surface area contributed by atoms with E-state index in [9.17, 15) is 31.5 Å². The molecular weight excluding hydrogens is 454 g/mol. The summed E-state index contributed by atoms with van der Waals surface area (Å²) < 4.78 is 86.7. The fourth-order valence-corrected chi connectivity index (χ4v) is 2.64. The maximum Gasteiger partial charge on any atom is 0.434 e. The van der Waals surface area contributed by atoms with Crippen molar-refractivity contribution in [3.63, 3.8) is 0 Å². The lowest BCUT2D eigenvalue weighted by atomic mass is 10.3. The van der Waals surface area contributed by atoms with Gasteiger partial charge in [-0.25, -0.2) is 5.21 Å². The number of hydrogen-bond donors (Lipinski definition) is 3. The lowest BCUT2D eigenvalue weighted by molar-refractivity contribution is -0.991. The maximum absolute atomic E-state index is 12.9. The number of halogens is 6. The summed E-state index contributed by atoms with van der Waals surface area (Å²) in [6.45, 7) is 0.913. The predicted molar refractivity (Wildman–Crippen MR) is 94.9 cm³/mol. The molecule has 0 bridgehead atoms. The van der Waals surface area contributed by atoms with Gasteiger partial charge in [0.25, 0.3) is 6.10 Å². The molecule has 1 aliphatic rings. The normalized spacial score (nSPS) is 16.2. The molecule has 16 heteroatoms. The highest BCUT2D eigenvalue weighted by atomic mass is 19.4. The first kappa shape index (κ1) is 23.7. The van der Waals surface area contributed by atoms with Gasteiger partial charge in [-0.1, -0.05) is 6.07 Å². The minimum atomic E-state index is -5.77. The van der Waals surface area contributed by atoms with E-state index in [0.717, 1.165) is 0 Å². The van der Waals surface area contributed by atoms with Crippen LogP contribution in [0.3, 0.4) is 0 Å². The Hall–Kier alpha value is -2.95. The molecule has 2 aromatic rings. The molecule has 3 rings (SSSR count). The number of quaternary nitrogens is 1. The number of ether oxygens (including phenoxy) is 2. The van der Waals surface area contributed by atoms with Gasteiger partial charge in [-0.3, -0.25) is 0 Å². The van der Waals surface area contributed by atoms with Crippen LogP contribution in [0.1, 0.15) is 0 Å². The van der Waals surface area contributed by atoms with Crippen LogP contribution in [0.2, 0.25) is 0 Å². The topological polar surface area (TPSA) is 120 Å². The van der Waals surface area contributed by atoms with Crippen molar-refractivity contribution in [1.82, 2.24) is 15.0 Å². The van der Waals surface area contributed by atoms with Crippen molar-refractivity contribution in [2.75, 3.05) is 36.5 Å². The summed E-state index contributed by atoms with van der Waals surface area (Å²) >= 11 is 0. The zero-order valence-electron chi connectivity index (χ0n) is 15.9. The summed E-state index contributed by atoms with van der Waals surface area (Å²) in [5.41, 5.74) is 0.00121. The number of aromatic nitrogens is 3. The van der Waals surface area contributed by atoms with E-state index in [1.807, 2.05) is 0 Å². The molecule has 1 aromatic heterocycles. The Balaban J connectivity index is 1.96. The van der Waals surface area contributed by atoms with Crippen molar-refractivity contribution >= 4 is 23.3 Å². The molecule has 0 radical (unpaired) electrons. The third-order valence-electron chi connectivity index (χ3n) is 4.08. The quantitative estimate of drug-likeness (QED) is 0.428. The highest BCUT2D eigenvalue weighted by molar-refractivity contribution is 5.58. The SMILES string of the molecule is [O-][NH+](O)c1cccc(Nc2nc(OC(C(F)(F)F)C(F)(F)F)nc(N3CCOCC3)n2)c1. The Kier molecular flexibility index (Phi) is 6.87. The number of hydrogen-bond acceptors (Lipinski definition) is 9. The van der Waals surface area contributed by atoms with Gasteiger partial charge in [-0.2, -0.15) is 46.5 Å². The maximum atomic E-state index is 12.9. The van der Waals surface area contributed by atoms with E-state index in [0.29, 0.717) is 0 Å². The van der Waals surface area contributed by atoms with Gasteiger partial charge >= 0.3 is 18.4 Å². The Morgan fingerprint density at radius 2 is 1.75 bits per heavy atom. The first-order valence-corrected chi connectivity index (χ1v) is 8.93. The number of alkyl halides is 6. The van der Waals surface area contributed by atoms with Crippen molar-refractivity contribution < 1.29 is 46.2 Å². The van der Waals surface area contributed by atoms with Crippen molar-refractivity contribution in [2.24, 2.45) is 0 Å². The van der Waals surface area contributed by atoms with Gasteiger partial charge in [0, 0.05) is 30.9 Å². The zero-order chi connectivity index (χ0) is 23.5. The summed E-state index contributed by atoms with van der Waals surface area (Å²) in [6, 6.07) is 4.02. The Bertz CT molecular complexity index is 909. The average molecular weight is 470 g/mol. The summed E-state index contributed by atoms with van der Waals surface area (Å²) in [4.78, 5) is 12.6. The molecule has 2 heterocycles. The molecule has 1 aromatic carbocycles. The molecule has 1 saturated heterocycles. The Labute approximate surface area is 175 Å². The third-order valence-corrected chi connectivity index (χ3v) is 4.08. The highest BCUT2D eigenvalue weighted by Gasteiger charge is 2.59. The standard InChI is InChI=1S/C16H16F6N6O4/c17-15(18,19)11(16(20,21)22)32-14-25-12(23-9-2-1-3-10(8-9)28(29)30)24-13(26-14)27-4-6-31-7-5-27/h1-3,8,11,28-29H,4-7H2,(H,23,24,25,26). The highest BCUT2D eigenvalue weighted by Crippen LogP contribution is 2.36. The van der Waals surface area contributed by atoms with Crippen molar-refractivity contribution in [3.8, 4) is 6.01 Å². The van der Waals surface area contributed by atoms with Crippen LogP contribution in [-0.4, -0.2) is 64.9 Å². The van der Waals surface area contributed by atoms with Gasteiger partial charge in [-0.15, -0.1) is 0 Å². The molecule has 176 valence electrons. The van der Waals surface area contributed by atoms with Gasteiger partial charge in [0.15, 0.2) is 5.69 Å². The third kappa shape index (κ3) is 6.06. The van der Waals surface area contributed by atoms with E-state index >= 15 is 0 Å². The van der Waals surface area contributed by atoms with Crippen LogP contribution in [0.15, 0.2) is 24.3 Å². The van der Waals surface area contributed by atoms with Crippen LogP contribution in [0.25, 0.3) is 0 Å². The van der Waals surface area contributed by atoms with E-state index in [-0.39, 0.29) is 43.6 Å². The lowest BCUT2D eigenvalue weighted by Crippen LogP contribution is -2.99. The minimum absolute atomic E-state index is 0.122. The number of anilines is 3. The molecule has 10 nitrogen and oxygen atoms in total. The van der Waals surface area contributed by atoms with Crippen LogP contribution in [0.5, 0.6) is 6.01 Å². The number of benzene rings is 1. The van der Waals surface area contributed by atoms with Crippen LogP contribution in [-0.2, 0) is 4.74 Å². The van der Waals surface area contributed by atoms with Gasteiger partial charge < -0.3 is 24.9 Å². The lowest BCUT2D eigenvalue weighted by Gasteiger charge is -2.27. The fourth-order valence-electron chi connectivity index (χ4n) is 2.64. The Morgan fingerprint density at radius 1 is 1.09 bits per heavy atom.